The number of rotatable bonds is 0. The van der Waals surface area contributed by atoms with Crippen LogP contribution in [0.3, 0.4) is 0 Å². The Morgan fingerprint density at radius 3 is 2.07 bits per heavy atom. The molecule has 0 aliphatic heterocycles. The molecule has 0 saturated carbocycles. The highest BCUT2D eigenvalue weighted by Crippen LogP contribution is 2.26. The molecule has 80 valence electrons. The van der Waals surface area contributed by atoms with Gasteiger partial charge in [-0.2, -0.15) is 0 Å². The minimum absolute atomic E-state index is 0.00722. The van der Waals surface area contributed by atoms with Crippen LogP contribution < -0.4 is 11.0 Å². The van der Waals surface area contributed by atoms with Gasteiger partial charge in [0.25, 0.3) is 0 Å². The third-order valence-corrected chi connectivity index (χ3v) is 2.24. The van der Waals surface area contributed by atoms with Gasteiger partial charge in [-0.15, -0.1) is 9.24 Å². The van der Waals surface area contributed by atoms with Gasteiger partial charge >= 0.3 is 0 Å². The Labute approximate surface area is 84.3 Å². The highest BCUT2D eigenvalue weighted by atomic mass is 31.0. The molecular formula is C9H14F2NOP. The monoisotopic (exact) mass is 221 g/mol. The van der Waals surface area contributed by atoms with Crippen molar-refractivity contribution >= 4 is 20.2 Å². The Balaban J connectivity index is 0.000000791. The predicted octanol–water partition coefficient (Wildman–Crippen LogP) is 2.09. The molecular weight excluding hydrogens is 207 g/mol. The normalized spacial score (nSPS) is 9.29. The summed E-state index contributed by atoms with van der Waals surface area (Å²) in [6.45, 7) is 5.37. The number of phenols is 1. The molecule has 0 radical (unpaired) electrons. The highest BCUT2D eigenvalue weighted by Gasteiger charge is 2.17. The number of halogens is 2. The molecule has 0 aliphatic rings. The first-order valence-corrected chi connectivity index (χ1v) is 4.76. The van der Waals surface area contributed by atoms with E-state index in [1.165, 1.54) is 6.92 Å². The minimum Gasteiger partial charge on any atom is -0.503 e. The third kappa shape index (κ3) is 2.13. The van der Waals surface area contributed by atoms with Crippen LogP contribution in [-0.2, 0) is 0 Å². The molecule has 0 amide bonds. The fraction of sp³-hybridized carbons (Fsp3) is 0.333. The van der Waals surface area contributed by atoms with Crippen LogP contribution in [0.15, 0.2) is 0 Å². The van der Waals surface area contributed by atoms with Crippen LogP contribution in [0, 0.1) is 18.6 Å². The standard InChI is InChI=1S/C7H8F2NOP.C2H6/c1-2-3(8)6(11)4(9)7(12)5(2)10;1-2/h11H,10,12H2,1H3;1-2H3. The first kappa shape index (κ1) is 13.1. The second-order valence-electron chi connectivity index (χ2n) is 2.43. The van der Waals surface area contributed by atoms with Crippen molar-refractivity contribution in [3.8, 4) is 5.75 Å². The summed E-state index contributed by atoms with van der Waals surface area (Å²) in [6, 6.07) is 0. The molecule has 0 bridgehead atoms. The Kier molecular flexibility index (Phi) is 4.78. The zero-order valence-corrected chi connectivity index (χ0v) is 9.51. The van der Waals surface area contributed by atoms with Crippen molar-refractivity contribution in [3.05, 3.63) is 17.2 Å². The summed E-state index contributed by atoms with van der Waals surface area (Å²) in [4.78, 5) is 0. The maximum absolute atomic E-state index is 12.9. The highest BCUT2D eigenvalue weighted by molar-refractivity contribution is 7.28. The first-order chi connectivity index (χ1) is 6.46. The minimum atomic E-state index is -1.03. The van der Waals surface area contributed by atoms with Crippen molar-refractivity contribution in [2.45, 2.75) is 20.8 Å². The number of nitrogens with two attached hydrogens (primary N) is 1. The summed E-state index contributed by atoms with van der Waals surface area (Å²) in [5.41, 5.74) is 5.40. The van der Waals surface area contributed by atoms with Crippen LogP contribution in [-0.4, -0.2) is 5.11 Å². The van der Waals surface area contributed by atoms with Crippen molar-refractivity contribution in [1.29, 1.82) is 0 Å². The van der Waals surface area contributed by atoms with Crippen molar-refractivity contribution in [1.82, 2.24) is 0 Å². The lowest BCUT2D eigenvalue weighted by Crippen LogP contribution is -2.10. The van der Waals surface area contributed by atoms with Gasteiger partial charge < -0.3 is 10.8 Å². The number of hydrogen-bond donors (Lipinski definition) is 2. The lowest BCUT2D eigenvalue weighted by Gasteiger charge is -2.08. The Hall–Kier alpha value is -0.890. The number of phenolic OH excluding ortho intramolecular Hbond substituents is 1. The van der Waals surface area contributed by atoms with Crippen LogP contribution in [0.4, 0.5) is 14.5 Å². The molecule has 1 aromatic carbocycles. The van der Waals surface area contributed by atoms with E-state index >= 15 is 0 Å². The molecule has 0 heterocycles. The van der Waals surface area contributed by atoms with Crippen molar-refractivity contribution < 1.29 is 13.9 Å². The maximum atomic E-state index is 12.9. The molecule has 0 saturated heterocycles. The number of nitrogen functional groups attached to an aromatic ring is 1. The van der Waals surface area contributed by atoms with Gasteiger partial charge in [0.15, 0.2) is 17.4 Å². The van der Waals surface area contributed by atoms with Gasteiger partial charge in [0.05, 0.1) is 0 Å². The van der Waals surface area contributed by atoms with Crippen LogP contribution in [0.5, 0.6) is 5.75 Å². The molecule has 3 N–H and O–H groups in total. The van der Waals surface area contributed by atoms with E-state index in [4.69, 9.17) is 10.8 Å². The average molecular weight is 221 g/mol. The summed E-state index contributed by atoms with van der Waals surface area (Å²) in [6.07, 6.45) is 0. The van der Waals surface area contributed by atoms with Crippen molar-refractivity contribution in [2.75, 3.05) is 5.73 Å². The number of hydrogen-bond acceptors (Lipinski definition) is 2. The summed E-state index contributed by atoms with van der Waals surface area (Å²) in [7, 11) is 2.01. The van der Waals surface area contributed by atoms with Crippen molar-refractivity contribution in [2.24, 2.45) is 0 Å². The number of benzene rings is 1. The van der Waals surface area contributed by atoms with Crippen LogP contribution in [0.1, 0.15) is 19.4 Å². The SMILES string of the molecule is CC.Cc1c(N)c(P)c(F)c(O)c1F. The largest absolute Gasteiger partial charge is 0.503 e. The quantitative estimate of drug-likeness (QED) is 0.400. The average Bonchev–Trinajstić information content (AvgIpc) is 2.24. The van der Waals surface area contributed by atoms with Crippen LogP contribution >= 0.6 is 9.24 Å². The molecule has 1 rings (SSSR count). The zero-order valence-electron chi connectivity index (χ0n) is 8.36. The van der Waals surface area contributed by atoms with E-state index in [2.05, 4.69) is 0 Å². The second kappa shape index (κ2) is 5.11. The van der Waals surface area contributed by atoms with E-state index in [1.807, 2.05) is 23.1 Å². The van der Waals surface area contributed by atoms with E-state index < -0.39 is 17.4 Å². The van der Waals surface area contributed by atoms with E-state index in [0.29, 0.717) is 0 Å². The number of anilines is 1. The molecule has 0 aromatic heterocycles. The smallest absolute Gasteiger partial charge is 0.188 e. The van der Waals surface area contributed by atoms with Gasteiger partial charge in [0.1, 0.15) is 0 Å². The molecule has 0 spiro atoms. The zero-order chi connectivity index (χ0) is 11.5. The van der Waals surface area contributed by atoms with E-state index in [0.717, 1.165) is 0 Å². The van der Waals surface area contributed by atoms with Gasteiger partial charge in [0, 0.05) is 16.6 Å². The first-order valence-electron chi connectivity index (χ1n) is 4.18. The molecule has 1 atom stereocenters. The molecule has 14 heavy (non-hydrogen) atoms. The van der Waals surface area contributed by atoms with E-state index in [-0.39, 0.29) is 16.6 Å². The Bertz CT molecular complexity index is 237. The lowest BCUT2D eigenvalue weighted by atomic mass is 10.1. The lowest BCUT2D eigenvalue weighted by molar-refractivity contribution is 0.397. The molecule has 5 heteroatoms. The van der Waals surface area contributed by atoms with Gasteiger partial charge in [-0.3, -0.25) is 0 Å². The Morgan fingerprint density at radius 1 is 1.21 bits per heavy atom. The predicted molar refractivity (Wildman–Crippen MR) is 57.9 cm³/mol. The van der Waals surface area contributed by atoms with Gasteiger partial charge in [-0.25, -0.2) is 8.78 Å². The fourth-order valence-corrected chi connectivity index (χ4v) is 1.19. The van der Waals surface area contributed by atoms with E-state index in [9.17, 15) is 8.78 Å². The second-order valence-corrected chi connectivity index (χ2v) is 3.01. The fourth-order valence-electron chi connectivity index (χ4n) is 0.840. The summed E-state index contributed by atoms with van der Waals surface area (Å²) >= 11 is 0. The molecule has 2 nitrogen and oxygen atoms in total. The molecule has 0 aliphatic carbocycles. The van der Waals surface area contributed by atoms with Crippen LogP contribution in [0.25, 0.3) is 0 Å². The molecule has 1 unspecified atom stereocenters. The van der Waals surface area contributed by atoms with Crippen LogP contribution in [0.2, 0.25) is 0 Å². The number of aromatic hydroxyl groups is 1. The third-order valence-electron chi connectivity index (χ3n) is 1.68. The molecule has 0 fully saturated rings. The maximum Gasteiger partial charge on any atom is 0.188 e. The molecule has 1 aromatic rings. The van der Waals surface area contributed by atoms with Gasteiger partial charge in [-0.1, -0.05) is 13.8 Å². The van der Waals surface area contributed by atoms with Gasteiger partial charge in [0.2, 0.25) is 0 Å². The summed E-state index contributed by atoms with van der Waals surface area (Å²) in [5, 5.41) is 8.87. The van der Waals surface area contributed by atoms with Crippen molar-refractivity contribution in [3.63, 3.8) is 0 Å². The summed E-state index contributed by atoms with van der Waals surface area (Å²) < 4.78 is 25.7. The summed E-state index contributed by atoms with van der Waals surface area (Å²) in [5.74, 6) is -3.01. The topological polar surface area (TPSA) is 46.2 Å². The Morgan fingerprint density at radius 2 is 1.64 bits per heavy atom. The van der Waals surface area contributed by atoms with E-state index in [1.54, 1.807) is 0 Å². The van der Waals surface area contributed by atoms with Gasteiger partial charge in [-0.05, 0) is 6.92 Å².